The van der Waals surface area contributed by atoms with Gasteiger partial charge in [0.2, 0.25) is 0 Å². The molecule has 1 N–H and O–H groups in total. The second kappa shape index (κ2) is 7.26. The Bertz CT molecular complexity index is 467. The molecule has 2 unspecified atom stereocenters. The maximum atomic E-state index is 12.0. The number of hydrogen-bond acceptors (Lipinski definition) is 2. The van der Waals surface area contributed by atoms with Gasteiger partial charge in [-0.25, -0.2) is 0 Å². The van der Waals surface area contributed by atoms with Crippen LogP contribution in [0.3, 0.4) is 0 Å². The average molecular weight is 353 g/mol. The van der Waals surface area contributed by atoms with Gasteiger partial charge in [-0.05, 0) is 47.5 Å². The largest absolute Gasteiger partial charge is 0.350 e. The van der Waals surface area contributed by atoms with E-state index in [1.807, 2.05) is 6.92 Å². The van der Waals surface area contributed by atoms with Crippen LogP contribution in [0.25, 0.3) is 0 Å². The van der Waals surface area contributed by atoms with Crippen molar-refractivity contribution in [3.8, 4) is 0 Å². The van der Waals surface area contributed by atoms with Gasteiger partial charge in [-0.2, -0.15) is 0 Å². The third-order valence-corrected chi connectivity index (χ3v) is 4.13. The number of nitrogens with one attached hydrogen (secondary N) is 1. The van der Waals surface area contributed by atoms with Crippen molar-refractivity contribution >= 4 is 44.2 Å². The third-order valence-electron chi connectivity index (χ3n) is 2.39. The van der Waals surface area contributed by atoms with Gasteiger partial charge >= 0.3 is 0 Å². The van der Waals surface area contributed by atoms with Gasteiger partial charge in [-0.15, -0.1) is 0 Å². The first-order valence-corrected chi connectivity index (χ1v) is 8.36. The average Bonchev–Trinajstić information content (AvgIpc) is 2.29. The minimum absolute atomic E-state index is 0.0210. The quantitative estimate of drug-likeness (QED) is 0.885. The molecule has 2 atom stereocenters. The van der Waals surface area contributed by atoms with E-state index in [-0.39, 0.29) is 11.9 Å². The second-order valence-corrected chi connectivity index (χ2v) is 6.91. The Hall–Kier alpha value is -0.390. The summed E-state index contributed by atoms with van der Waals surface area (Å²) in [7, 11) is -0.835. The van der Waals surface area contributed by atoms with Crippen LogP contribution < -0.4 is 5.32 Å². The number of halogens is 2. The van der Waals surface area contributed by atoms with E-state index < -0.39 is 10.8 Å². The first kappa shape index (κ1) is 15.7. The Labute approximate surface area is 123 Å². The van der Waals surface area contributed by atoms with Crippen molar-refractivity contribution in [3.05, 3.63) is 33.3 Å². The molecule has 100 valence electrons. The van der Waals surface area contributed by atoms with Crippen LogP contribution in [0.2, 0.25) is 5.02 Å². The van der Waals surface area contributed by atoms with E-state index in [1.54, 1.807) is 24.5 Å². The number of carbonyl (C=O) groups excluding carboxylic acids is 1. The monoisotopic (exact) mass is 351 g/mol. The van der Waals surface area contributed by atoms with E-state index >= 15 is 0 Å². The fourth-order valence-corrected chi connectivity index (χ4v) is 2.67. The van der Waals surface area contributed by atoms with Crippen LogP contribution in [0.1, 0.15) is 23.7 Å². The van der Waals surface area contributed by atoms with Crippen molar-refractivity contribution in [1.29, 1.82) is 0 Å². The Morgan fingerprint density at radius 3 is 2.83 bits per heavy atom. The van der Waals surface area contributed by atoms with Crippen LogP contribution in [0.4, 0.5) is 0 Å². The lowest BCUT2D eigenvalue weighted by molar-refractivity contribution is 0.0938. The van der Waals surface area contributed by atoms with Gasteiger partial charge < -0.3 is 5.32 Å². The van der Waals surface area contributed by atoms with Gasteiger partial charge in [-0.3, -0.25) is 9.00 Å². The van der Waals surface area contributed by atoms with Gasteiger partial charge in [-0.1, -0.05) is 11.6 Å². The molecule has 0 aliphatic heterocycles. The first-order chi connectivity index (χ1) is 8.40. The third kappa shape index (κ3) is 5.08. The maximum absolute atomic E-state index is 12.0. The molecule has 1 amide bonds. The number of amides is 1. The predicted octanol–water partition coefficient (Wildman–Crippen LogP) is 2.99. The fourth-order valence-electron chi connectivity index (χ4n) is 1.39. The van der Waals surface area contributed by atoms with Crippen molar-refractivity contribution in [2.24, 2.45) is 0 Å². The van der Waals surface area contributed by atoms with Crippen LogP contribution >= 0.6 is 27.5 Å². The summed E-state index contributed by atoms with van der Waals surface area (Å²) < 4.78 is 11.7. The minimum atomic E-state index is -0.835. The molecule has 0 radical (unpaired) electrons. The summed E-state index contributed by atoms with van der Waals surface area (Å²) in [5.41, 5.74) is 0.506. The number of hydrogen-bond donors (Lipinski definition) is 1. The van der Waals surface area contributed by atoms with Crippen LogP contribution in [0.15, 0.2) is 22.7 Å². The van der Waals surface area contributed by atoms with Gasteiger partial charge in [0.15, 0.2) is 0 Å². The topological polar surface area (TPSA) is 46.2 Å². The zero-order chi connectivity index (χ0) is 13.7. The molecule has 0 saturated carbocycles. The van der Waals surface area contributed by atoms with Crippen molar-refractivity contribution in [2.75, 3.05) is 12.0 Å². The first-order valence-electron chi connectivity index (χ1n) is 5.46. The molecule has 1 aromatic carbocycles. The van der Waals surface area contributed by atoms with Gasteiger partial charge in [0.1, 0.15) is 0 Å². The Morgan fingerprint density at radius 1 is 1.56 bits per heavy atom. The van der Waals surface area contributed by atoms with Gasteiger partial charge in [0.25, 0.3) is 5.91 Å². The smallest absolute Gasteiger partial charge is 0.252 e. The van der Waals surface area contributed by atoms with Crippen LogP contribution in [-0.4, -0.2) is 28.2 Å². The molecule has 1 rings (SSSR count). The summed E-state index contributed by atoms with van der Waals surface area (Å²) in [6, 6.07) is 5.05. The number of carbonyl (C=O) groups is 1. The molecule has 0 aliphatic carbocycles. The molecule has 18 heavy (non-hydrogen) atoms. The van der Waals surface area contributed by atoms with E-state index in [1.165, 1.54) is 0 Å². The molecule has 1 aromatic rings. The second-order valence-electron chi connectivity index (χ2n) is 4.06. The Balaban J connectivity index is 2.64. The highest BCUT2D eigenvalue weighted by atomic mass is 79.9. The molecular formula is C12H15BrClNO2S. The summed E-state index contributed by atoms with van der Waals surface area (Å²) >= 11 is 9.17. The van der Waals surface area contributed by atoms with Crippen LogP contribution in [0.5, 0.6) is 0 Å². The van der Waals surface area contributed by atoms with Crippen LogP contribution in [-0.2, 0) is 10.8 Å². The molecule has 0 aliphatic rings. The summed E-state index contributed by atoms with van der Waals surface area (Å²) in [6.07, 6.45) is 2.34. The van der Waals surface area contributed by atoms with E-state index in [2.05, 4.69) is 21.2 Å². The molecule has 0 heterocycles. The highest BCUT2D eigenvalue weighted by Crippen LogP contribution is 2.21. The van der Waals surface area contributed by atoms with E-state index in [0.29, 0.717) is 27.2 Å². The lowest BCUT2D eigenvalue weighted by Crippen LogP contribution is -2.33. The normalized spacial score (nSPS) is 14.0. The highest BCUT2D eigenvalue weighted by molar-refractivity contribution is 9.10. The van der Waals surface area contributed by atoms with E-state index in [0.717, 1.165) is 0 Å². The maximum Gasteiger partial charge on any atom is 0.252 e. The molecule has 6 heteroatoms. The van der Waals surface area contributed by atoms with E-state index in [4.69, 9.17) is 11.6 Å². The van der Waals surface area contributed by atoms with Crippen molar-refractivity contribution < 1.29 is 9.00 Å². The summed E-state index contributed by atoms with van der Waals surface area (Å²) in [5.74, 6) is 0.400. The molecule has 0 spiro atoms. The van der Waals surface area contributed by atoms with Crippen molar-refractivity contribution in [1.82, 2.24) is 5.32 Å². The van der Waals surface area contributed by atoms with Gasteiger partial charge in [0.05, 0.1) is 5.56 Å². The Morgan fingerprint density at radius 2 is 2.22 bits per heavy atom. The zero-order valence-corrected chi connectivity index (χ0v) is 13.4. The van der Waals surface area contributed by atoms with Crippen molar-refractivity contribution in [2.45, 2.75) is 19.4 Å². The molecule has 0 fully saturated rings. The van der Waals surface area contributed by atoms with Crippen molar-refractivity contribution in [3.63, 3.8) is 0 Å². The molecule has 0 aromatic heterocycles. The molecule has 0 bridgehead atoms. The SMILES string of the molecule is CC(CCS(C)=O)NC(=O)c1cc(Cl)ccc1Br. The molecular weight excluding hydrogens is 338 g/mol. The fraction of sp³-hybridized carbons (Fsp3) is 0.417. The molecule has 3 nitrogen and oxygen atoms in total. The summed E-state index contributed by atoms with van der Waals surface area (Å²) in [4.78, 5) is 12.0. The lowest BCUT2D eigenvalue weighted by atomic mass is 10.2. The highest BCUT2D eigenvalue weighted by Gasteiger charge is 2.13. The summed E-state index contributed by atoms with van der Waals surface area (Å²) in [5, 5.41) is 3.38. The van der Waals surface area contributed by atoms with E-state index in [9.17, 15) is 9.00 Å². The van der Waals surface area contributed by atoms with Gasteiger partial charge in [0, 0.05) is 38.3 Å². The standard InChI is InChI=1S/C12H15BrClNO2S/c1-8(5-6-18(2)17)15-12(16)10-7-9(14)3-4-11(10)13/h3-4,7-8H,5-6H2,1-2H3,(H,15,16). The number of benzene rings is 1. The number of rotatable bonds is 5. The predicted molar refractivity (Wildman–Crippen MR) is 79.6 cm³/mol. The zero-order valence-electron chi connectivity index (χ0n) is 10.2. The van der Waals surface area contributed by atoms with Crippen LogP contribution in [0, 0.1) is 0 Å². The minimum Gasteiger partial charge on any atom is -0.350 e. The Kier molecular flexibility index (Phi) is 6.32. The molecule has 0 saturated heterocycles. The lowest BCUT2D eigenvalue weighted by Gasteiger charge is -2.14. The summed E-state index contributed by atoms with van der Waals surface area (Å²) in [6.45, 7) is 1.89.